The van der Waals surface area contributed by atoms with E-state index in [1.54, 1.807) is 0 Å². The topological polar surface area (TPSA) is 50.7 Å². The summed E-state index contributed by atoms with van der Waals surface area (Å²) in [5, 5.41) is 4.04. The minimum Gasteiger partial charge on any atom is -0.488 e. The SMILES string of the molecule is O=C1NC(=Nc2ccccc2)S/C1=C\c1ccccc1OCc1cccc(Cl)c1. The normalized spacial score (nSPS) is 16.2. The summed E-state index contributed by atoms with van der Waals surface area (Å²) in [6, 6.07) is 24.7. The van der Waals surface area contributed by atoms with Crippen LogP contribution in [0.3, 0.4) is 0 Å². The average molecular weight is 421 g/mol. The molecule has 1 N–H and O–H groups in total. The van der Waals surface area contributed by atoms with Crippen LogP contribution in [0.2, 0.25) is 5.02 Å². The smallest absolute Gasteiger partial charge is 0.264 e. The highest BCUT2D eigenvalue weighted by atomic mass is 35.5. The third-order valence-electron chi connectivity index (χ3n) is 4.13. The van der Waals surface area contributed by atoms with E-state index in [4.69, 9.17) is 16.3 Å². The Morgan fingerprint density at radius 3 is 2.62 bits per heavy atom. The van der Waals surface area contributed by atoms with Crippen molar-refractivity contribution in [2.75, 3.05) is 0 Å². The maximum absolute atomic E-state index is 12.4. The van der Waals surface area contributed by atoms with Crippen molar-refractivity contribution in [3.63, 3.8) is 0 Å². The van der Waals surface area contributed by atoms with Gasteiger partial charge in [-0.05, 0) is 53.7 Å². The molecule has 0 radical (unpaired) electrons. The Kier molecular flexibility index (Phi) is 5.98. The number of carbonyl (C=O) groups excluding carboxylic acids is 1. The van der Waals surface area contributed by atoms with Gasteiger partial charge < -0.3 is 10.1 Å². The molecule has 4 nitrogen and oxygen atoms in total. The number of hydrogen-bond donors (Lipinski definition) is 1. The first-order chi connectivity index (χ1) is 14.2. The van der Waals surface area contributed by atoms with Crippen molar-refractivity contribution in [2.45, 2.75) is 6.61 Å². The molecule has 1 saturated heterocycles. The van der Waals surface area contributed by atoms with Crippen LogP contribution in [0.1, 0.15) is 11.1 Å². The number of rotatable bonds is 5. The summed E-state index contributed by atoms with van der Waals surface area (Å²) >= 11 is 7.35. The lowest BCUT2D eigenvalue weighted by Gasteiger charge is -2.09. The number of nitrogens with zero attached hydrogens (tertiary/aromatic N) is 1. The zero-order chi connectivity index (χ0) is 20.1. The second-order valence-electron chi connectivity index (χ2n) is 6.27. The van der Waals surface area contributed by atoms with Gasteiger partial charge in [-0.2, -0.15) is 0 Å². The van der Waals surface area contributed by atoms with E-state index in [9.17, 15) is 4.79 Å². The summed E-state index contributed by atoms with van der Waals surface area (Å²) in [4.78, 5) is 17.4. The maximum Gasteiger partial charge on any atom is 0.264 e. The standard InChI is InChI=1S/C23H17ClN2O2S/c24-18-9-6-7-16(13-18)15-28-20-12-5-4-8-17(20)14-21-22(27)26-23(29-21)25-19-10-2-1-3-11-19/h1-14H,15H2,(H,25,26,27)/b21-14-. The fourth-order valence-electron chi connectivity index (χ4n) is 2.76. The van der Waals surface area contributed by atoms with E-state index in [1.165, 1.54) is 11.8 Å². The van der Waals surface area contributed by atoms with E-state index < -0.39 is 0 Å². The molecule has 0 unspecified atom stereocenters. The Bertz CT molecular complexity index is 1100. The highest BCUT2D eigenvalue weighted by molar-refractivity contribution is 8.18. The van der Waals surface area contributed by atoms with Gasteiger partial charge in [0.25, 0.3) is 5.91 Å². The summed E-state index contributed by atoms with van der Waals surface area (Å²) in [6.07, 6.45) is 1.82. The monoisotopic (exact) mass is 420 g/mol. The fraction of sp³-hybridized carbons (Fsp3) is 0.0435. The molecule has 1 heterocycles. The van der Waals surface area contributed by atoms with Crippen molar-refractivity contribution in [3.8, 4) is 5.75 Å². The summed E-state index contributed by atoms with van der Waals surface area (Å²) < 4.78 is 5.97. The quantitative estimate of drug-likeness (QED) is 0.530. The Morgan fingerprint density at radius 1 is 1.00 bits per heavy atom. The molecular formula is C23H17ClN2O2S. The van der Waals surface area contributed by atoms with Gasteiger partial charge in [-0.1, -0.05) is 60.1 Å². The van der Waals surface area contributed by atoms with Crippen LogP contribution in [0, 0.1) is 0 Å². The van der Waals surface area contributed by atoms with Crippen LogP contribution >= 0.6 is 23.4 Å². The number of amidine groups is 1. The van der Waals surface area contributed by atoms with Gasteiger partial charge in [-0.25, -0.2) is 4.99 Å². The largest absolute Gasteiger partial charge is 0.488 e. The van der Waals surface area contributed by atoms with Crippen molar-refractivity contribution in [3.05, 3.63) is 99.9 Å². The molecule has 3 aromatic carbocycles. The molecule has 1 aliphatic rings. The number of aliphatic imine (C=N–C) groups is 1. The molecule has 0 bridgehead atoms. The zero-order valence-electron chi connectivity index (χ0n) is 15.3. The highest BCUT2D eigenvalue weighted by Crippen LogP contribution is 2.30. The number of nitrogens with one attached hydrogen (secondary N) is 1. The molecule has 0 aliphatic carbocycles. The van der Waals surface area contributed by atoms with Crippen LogP contribution in [-0.2, 0) is 11.4 Å². The van der Waals surface area contributed by atoms with Crippen LogP contribution < -0.4 is 10.1 Å². The molecular weight excluding hydrogens is 404 g/mol. The van der Waals surface area contributed by atoms with Crippen LogP contribution in [-0.4, -0.2) is 11.1 Å². The zero-order valence-corrected chi connectivity index (χ0v) is 16.9. The lowest BCUT2D eigenvalue weighted by molar-refractivity contribution is -0.115. The first-order valence-corrected chi connectivity index (χ1v) is 10.2. The number of amides is 1. The minimum absolute atomic E-state index is 0.172. The van der Waals surface area contributed by atoms with Gasteiger partial charge in [0.05, 0.1) is 10.6 Å². The molecule has 1 amide bonds. The molecule has 0 spiro atoms. The first kappa shape index (κ1) is 19.3. The van der Waals surface area contributed by atoms with Crippen LogP contribution in [0.25, 0.3) is 6.08 Å². The maximum atomic E-state index is 12.4. The van der Waals surface area contributed by atoms with Gasteiger partial charge in [0, 0.05) is 10.6 Å². The van der Waals surface area contributed by atoms with Gasteiger partial charge in [0.2, 0.25) is 0 Å². The van der Waals surface area contributed by atoms with Crippen molar-refractivity contribution in [2.24, 2.45) is 4.99 Å². The summed E-state index contributed by atoms with van der Waals surface area (Å²) in [5.41, 5.74) is 2.60. The van der Waals surface area contributed by atoms with E-state index in [0.717, 1.165) is 16.8 Å². The number of ether oxygens (including phenoxy) is 1. The lowest BCUT2D eigenvalue weighted by Crippen LogP contribution is -2.19. The number of para-hydroxylation sites is 2. The fourth-order valence-corrected chi connectivity index (χ4v) is 3.81. The van der Waals surface area contributed by atoms with Crippen molar-refractivity contribution < 1.29 is 9.53 Å². The predicted molar refractivity (Wildman–Crippen MR) is 119 cm³/mol. The van der Waals surface area contributed by atoms with Crippen molar-refractivity contribution >= 4 is 46.2 Å². The molecule has 0 saturated carbocycles. The van der Waals surface area contributed by atoms with Gasteiger partial charge in [-0.15, -0.1) is 0 Å². The second-order valence-corrected chi connectivity index (χ2v) is 7.74. The molecule has 6 heteroatoms. The van der Waals surface area contributed by atoms with Crippen LogP contribution in [0.5, 0.6) is 5.75 Å². The van der Waals surface area contributed by atoms with E-state index >= 15 is 0 Å². The minimum atomic E-state index is -0.172. The Morgan fingerprint density at radius 2 is 1.79 bits per heavy atom. The van der Waals surface area contributed by atoms with E-state index in [-0.39, 0.29) is 5.91 Å². The summed E-state index contributed by atoms with van der Waals surface area (Å²) in [5.74, 6) is 0.524. The second kappa shape index (κ2) is 8.99. The van der Waals surface area contributed by atoms with Crippen LogP contribution in [0.4, 0.5) is 5.69 Å². The van der Waals surface area contributed by atoms with Gasteiger partial charge in [0.1, 0.15) is 12.4 Å². The molecule has 29 heavy (non-hydrogen) atoms. The first-order valence-electron chi connectivity index (χ1n) is 8.98. The number of carbonyl (C=O) groups is 1. The molecule has 0 aromatic heterocycles. The molecule has 3 aromatic rings. The van der Waals surface area contributed by atoms with Gasteiger partial charge in [0.15, 0.2) is 5.17 Å². The third-order valence-corrected chi connectivity index (χ3v) is 5.27. The number of benzene rings is 3. The average Bonchev–Trinajstić information content (AvgIpc) is 3.07. The van der Waals surface area contributed by atoms with E-state index in [1.807, 2.05) is 84.9 Å². The molecule has 144 valence electrons. The highest BCUT2D eigenvalue weighted by Gasteiger charge is 2.24. The van der Waals surface area contributed by atoms with Crippen LogP contribution in [0.15, 0.2) is 88.8 Å². The Hall–Kier alpha value is -3.02. The lowest BCUT2D eigenvalue weighted by atomic mass is 10.2. The van der Waals surface area contributed by atoms with Crippen molar-refractivity contribution in [1.29, 1.82) is 0 Å². The molecule has 4 rings (SSSR count). The third kappa shape index (κ3) is 5.08. The van der Waals surface area contributed by atoms with E-state index in [2.05, 4.69) is 10.3 Å². The molecule has 0 atom stereocenters. The number of hydrogen-bond acceptors (Lipinski definition) is 4. The predicted octanol–water partition coefficient (Wildman–Crippen LogP) is 5.81. The van der Waals surface area contributed by atoms with Gasteiger partial charge >= 0.3 is 0 Å². The Balaban J connectivity index is 1.52. The van der Waals surface area contributed by atoms with E-state index in [0.29, 0.717) is 27.5 Å². The van der Waals surface area contributed by atoms with Crippen molar-refractivity contribution in [1.82, 2.24) is 5.32 Å². The summed E-state index contributed by atoms with van der Waals surface area (Å²) in [7, 11) is 0. The molecule has 1 fully saturated rings. The number of thioether (sulfide) groups is 1. The number of halogens is 1. The Labute approximate surface area is 178 Å². The van der Waals surface area contributed by atoms with Gasteiger partial charge in [-0.3, -0.25) is 4.79 Å². The molecule has 1 aliphatic heterocycles. The summed E-state index contributed by atoms with van der Waals surface area (Å²) in [6.45, 7) is 0.390.